The number of hydrogen-bond acceptors (Lipinski definition) is 3. The number of nitrogens with two attached hydrogens (primary N) is 1. The fraction of sp³-hybridized carbons (Fsp3) is 0.455. The molecule has 3 N–H and O–H groups in total. The lowest BCUT2D eigenvalue weighted by atomic mass is 10.1. The lowest BCUT2D eigenvalue weighted by Gasteiger charge is -2.19. The monoisotopic (exact) mass is 296 g/mol. The van der Waals surface area contributed by atoms with Gasteiger partial charge in [-0.1, -0.05) is 6.07 Å². The molecule has 0 aromatic heterocycles. The average Bonchev–Trinajstić information content (AvgIpc) is 2.18. The Morgan fingerprint density at radius 2 is 1.94 bits per heavy atom. The third-order valence-corrected chi connectivity index (χ3v) is 3.70. The van der Waals surface area contributed by atoms with Gasteiger partial charge < -0.3 is 5.73 Å². The Morgan fingerprint density at radius 3 is 2.44 bits per heavy atom. The van der Waals surface area contributed by atoms with Gasteiger partial charge in [-0.3, -0.25) is 0 Å². The molecule has 1 aromatic carbocycles. The van der Waals surface area contributed by atoms with E-state index in [-0.39, 0.29) is 23.8 Å². The van der Waals surface area contributed by atoms with E-state index in [9.17, 15) is 12.8 Å². The molecule has 104 valence electrons. The Labute approximate surface area is 113 Å². The van der Waals surface area contributed by atoms with E-state index >= 15 is 0 Å². The quantitative estimate of drug-likeness (QED) is 0.886. The van der Waals surface area contributed by atoms with Crippen molar-refractivity contribution < 1.29 is 12.8 Å². The zero-order chi connectivity index (χ0) is 13.3. The predicted octanol–water partition coefficient (Wildman–Crippen LogP) is 1.57. The lowest BCUT2D eigenvalue weighted by molar-refractivity contribution is 0.497. The first kappa shape index (κ1) is 17.3. The number of rotatable bonds is 4. The Balaban J connectivity index is 0.00000289. The zero-order valence-corrected chi connectivity index (χ0v) is 12.2. The van der Waals surface area contributed by atoms with Crippen molar-refractivity contribution in [1.29, 1.82) is 0 Å². The first-order valence-corrected chi connectivity index (χ1v) is 6.65. The summed E-state index contributed by atoms with van der Waals surface area (Å²) < 4.78 is 39.2. The summed E-state index contributed by atoms with van der Waals surface area (Å²) in [4.78, 5) is -0.0539. The number of hydrogen-bond donors (Lipinski definition) is 2. The number of halogens is 2. The van der Waals surface area contributed by atoms with Crippen LogP contribution in [0.25, 0.3) is 0 Å². The van der Waals surface area contributed by atoms with Crippen molar-refractivity contribution in [3.63, 3.8) is 0 Å². The van der Waals surface area contributed by atoms with Crippen LogP contribution in [-0.2, 0) is 10.0 Å². The van der Waals surface area contributed by atoms with Gasteiger partial charge in [0, 0.05) is 12.1 Å². The summed E-state index contributed by atoms with van der Waals surface area (Å²) >= 11 is 0. The third kappa shape index (κ3) is 4.89. The van der Waals surface area contributed by atoms with Gasteiger partial charge in [-0.25, -0.2) is 17.5 Å². The van der Waals surface area contributed by atoms with Crippen LogP contribution in [-0.4, -0.2) is 20.5 Å². The van der Waals surface area contributed by atoms with Gasteiger partial charge in [-0.15, -0.1) is 12.4 Å². The molecule has 4 nitrogen and oxygen atoms in total. The highest BCUT2D eigenvalue weighted by molar-refractivity contribution is 7.89. The number of benzene rings is 1. The van der Waals surface area contributed by atoms with Crippen LogP contribution in [0.15, 0.2) is 23.1 Å². The van der Waals surface area contributed by atoms with E-state index in [1.165, 1.54) is 12.1 Å². The highest BCUT2D eigenvalue weighted by Gasteiger charge is 2.20. The molecule has 0 saturated carbocycles. The molecule has 0 amide bonds. The molecule has 18 heavy (non-hydrogen) atoms. The molecule has 7 heteroatoms. The highest BCUT2D eigenvalue weighted by atomic mass is 35.5. The van der Waals surface area contributed by atoms with E-state index in [1.807, 2.05) is 0 Å². The van der Waals surface area contributed by atoms with Gasteiger partial charge in [-0.05, 0) is 38.5 Å². The van der Waals surface area contributed by atoms with Gasteiger partial charge in [0.25, 0.3) is 0 Å². The second-order valence-electron chi connectivity index (χ2n) is 4.72. The van der Waals surface area contributed by atoms with Gasteiger partial charge in [0.15, 0.2) is 0 Å². The molecule has 0 heterocycles. The molecule has 1 aromatic rings. The number of aryl methyl sites for hydroxylation is 1. The minimum absolute atomic E-state index is 0. The Morgan fingerprint density at radius 1 is 1.39 bits per heavy atom. The van der Waals surface area contributed by atoms with Crippen LogP contribution in [0.3, 0.4) is 0 Å². The molecular formula is C11H18ClFN2O2S. The van der Waals surface area contributed by atoms with E-state index in [0.29, 0.717) is 5.56 Å². The van der Waals surface area contributed by atoms with Crippen molar-refractivity contribution in [3.05, 3.63) is 29.6 Å². The molecule has 0 radical (unpaired) electrons. The summed E-state index contributed by atoms with van der Waals surface area (Å²) in [6, 6.07) is 3.65. The van der Waals surface area contributed by atoms with Gasteiger partial charge in [0.1, 0.15) is 5.82 Å². The Kier molecular flexibility index (Phi) is 5.74. The normalized spacial score (nSPS) is 12.1. The van der Waals surface area contributed by atoms with Crippen molar-refractivity contribution in [2.45, 2.75) is 31.2 Å². The fourth-order valence-electron chi connectivity index (χ4n) is 1.22. The Hall–Kier alpha value is -0.690. The molecule has 0 spiro atoms. The highest BCUT2D eigenvalue weighted by Crippen LogP contribution is 2.16. The van der Waals surface area contributed by atoms with Crippen molar-refractivity contribution in [1.82, 2.24) is 4.72 Å². The average molecular weight is 297 g/mol. The molecule has 0 unspecified atom stereocenters. The minimum atomic E-state index is -3.72. The van der Waals surface area contributed by atoms with Crippen LogP contribution in [0.4, 0.5) is 4.39 Å². The van der Waals surface area contributed by atoms with E-state index in [4.69, 9.17) is 5.73 Å². The van der Waals surface area contributed by atoms with Gasteiger partial charge >= 0.3 is 0 Å². The first-order valence-electron chi connectivity index (χ1n) is 5.16. The van der Waals surface area contributed by atoms with E-state index in [1.54, 1.807) is 20.8 Å². The Bertz CT molecular complexity index is 512. The summed E-state index contributed by atoms with van der Waals surface area (Å²) in [5, 5.41) is 0. The molecule has 0 aliphatic rings. The number of nitrogens with one attached hydrogen (secondary N) is 1. The van der Waals surface area contributed by atoms with Crippen molar-refractivity contribution in [2.75, 3.05) is 6.54 Å². The standard InChI is InChI=1S/C11H17FN2O2S.ClH/c1-8-4-5-9(12)6-10(8)17(15,16)14-7-11(2,3)13;/h4-6,14H,7,13H2,1-3H3;1H. The van der Waals surface area contributed by atoms with E-state index in [2.05, 4.69) is 4.72 Å². The van der Waals surface area contributed by atoms with Gasteiger partial charge in [0.05, 0.1) is 4.90 Å². The van der Waals surface area contributed by atoms with Crippen LogP contribution in [0.5, 0.6) is 0 Å². The van der Waals surface area contributed by atoms with Crippen LogP contribution in [0, 0.1) is 12.7 Å². The SMILES string of the molecule is Cc1ccc(F)cc1S(=O)(=O)NCC(C)(C)N.Cl. The molecule has 0 saturated heterocycles. The van der Waals surface area contributed by atoms with Crippen LogP contribution in [0.2, 0.25) is 0 Å². The lowest BCUT2D eigenvalue weighted by Crippen LogP contribution is -2.45. The van der Waals surface area contributed by atoms with Crippen molar-refractivity contribution in [3.8, 4) is 0 Å². The van der Waals surface area contributed by atoms with Crippen LogP contribution < -0.4 is 10.5 Å². The first-order chi connectivity index (χ1) is 7.62. The smallest absolute Gasteiger partial charge is 0.240 e. The maximum Gasteiger partial charge on any atom is 0.240 e. The molecule has 0 fully saturated rings. The maximum atomic E-state index is 13.0. The zero-order valence-electron chi connectivity index (χ0n) is 10.5. The fourth-order valence-corrected chi connectivity index (χ4v) is 2.70. The molecule has 0 atom stereocenters. The largest absolute Gasteiger partial charge is 0.324 e. The van der Waals surface area contributed by atoms with E-state index < -0.39 is 21.4 Å². The minimum Gasteiger partial charge on any atom is -0.324 e. The molecule has 0 bridgehead atoms. The summed E-state index contributed by atoms with van der Waals surface area (Å²) in [5.74, 6) is -0.581. The van der Waals surface area contributed by atoms with Crippen LogP contribution in [0.1, 0.15) is 19.4 Å². The second kappa shape index (κ2) is 5.97. The predicted molar refractivity (Wildman–Crippen MR) is 71.8 cm³/mol. The second-order valence-corrected chi connectivity index (χ2v) is 6.46. The van der Waals surface area contributed by atoms with Crippen molar-refractivity contribution in [2.24, 2.45) is 5.73 Å². The van der Waals surface area contributed by atoms with Gasteiger partial charge in [-0.2, -0.15) is 0 Å². The van der Waals surface area contributed by atoms with E-state index in [0.717, 1.165) is 6.07 Å². The molecule has 0 aliphatic heterocycles. The third-order valence-electron chi connectivity index (χ3n) is 2.16. The summed E-state index contributed by atoms with van der Waals surface area (Å²) in [6.07, 6.45) is 0. The van der Waals surface area contributed by atoms with Crippen molar-refractivity contribution >= 4 is 22.4 Å². The summed E-state index contributed by atoms with van der Waals surface area (Å²) in [5.41, 5.74) is 5.52. The molecule has 1 rings (SSSR count). The number of sulfonamides is 1. The van der Waals surface area contributed by atoms with Crippen LogP contribution >= 0.6 is 12.4 Å². The summed E-state index contributed by atoms with van der Waals surface area (Å²) in [7, 11) is -3.72. The maximum absolute atomic E-state index is 13.0. The van der Waals surface area contributed by atoms with Gasteiger partial charge in [0.2, 0.25) is 10.0 Å². The summed E-state index contributed by atoms with van der Waals surface area (Å²) in [6.45, 7) is 5.11. The molecular weight excluding hydrogens is 279 g/mol. The molecule has 0 aliphatic carbocycles. The topological polar surface area (TPSA) is 72.2 Å².